The lowest BCUT2D eigenvalue weighted by Gasteiger charge is -2.69. The third-order valence-corrected chi connectivity index (χ3v) is 4.83. The first-order valence-corrected chi connectivity index (χ1v) is 6.16. The van der Waals surface area contributed by atoms with Crippen molar-refractivity contribution in [3.05, 3.63) is 0 Å². The van der Waals surface area contributed by atoms with Gasteiger partial charge in [-0.15, -0.1) is 0 Å². The van der Waals surface area contributed by atoms with E-state index in [0.29, 0.717) is 25.7 Å². The van der Waals surface area contributed by atoms with Crippen LogP contribution in [0.4, 0.5) is 13.2 Å². The van der Waals surface area contributed by atoms with Crippen molar-refractivity contribution in [3.63, 3.8) is 0 Å². The van der Waals surface area contributed by atoms with E-state index in [2.05, 4.69) is 4.74 Å². The Bertz CT molecular complexity index is 388. The van der Waals surface area contributed by atoms with Gasteiger partial charge >= 0.3 is 12.1 Å². The van der Waals surface area contributed by atoms with E-state index in [0.717, 1.165) is 0 Å². The maximum Gasteiger partial charge on any atom is 0.490 e. The minimum absolute atomic E-state index is 0.202. The summed E-state index contributed by atoms with van der Waals surface area (Å²) in [5.74, 6) is -1.48. The fraction of sp³-hybridized carbons (Fsp3) is 0.917. The molecular weight excluding hydrogens is 249 g/mol. The Balaban J connectivity index is 1.68. The lowest BCUT2D eigenvalue weighted by molar-refractivity contribution is -0.292. The lowest BCUT2D eigenvalue weighted by Crippen LogP contribution is -2.71. The van der Waals surface area contributed by atoms with E-state index in [1.54, 1.807) is 6.92 Å². The highest BCUT2D eigenvalue weighted by Crippen LogP contribution is 2.67. The molecule has 0 bridgehead atoms. The molecule has 3 aliphatic rings. The molecule has 0 radical (unpaired) electrons. The number of esters is 1. The first-order valence-electron chi connectivity index (χ1n) is 6.16. The van der Waals surface area contributed by atoms with Crippen LogP contribution in [0, 0.1) is 17.8 Å². The Hall–Kier alpha value is -0.780. The molecule has 18 heavy (non-hydrogen) atoms. The maximum atomic E-state index is 12.2. The maximum absolute atomic E-state index is 12.2. The van der Waals surface area contributed by atoms with Crippen molar-refractivity contribution < 1.29 is 27.8 Å². The van der Waals surface area contributed by atoms with Gasteiger partial charge in [-0.2, -0.15) is 13.2 Å². The average molecular weight is 264 g/mol. The molecule has 2 atom stereocenters. The number of ether oxygens (including phenoxy) is 1. The van der Waals surface area contributed by atoms with Gasteiger partial charge in [0.05, 0.1) is 5.60 Å². The second kappa shape index (κ2) is 3.21. The SMILES string of the molecule is CC1(OC(=O)C(F)(F)F)CC2CC3(O)CC(C1)C23. The summed E-state index contributed by atoms with van der Waals surface area (Å²) >= 11 is 0. The highest BCUT2D eigenvalue weighted by Gasteiger charge is 2.69. The van der Waals surface area contributed by atoms with E-state index in [-0.39, 0.29) is 17.8 Å². The summed E-state index contributed by atoms with van der Waals surface area (Å²) in [5.41, 5.74) is -1.59. The van der Waals surface area contributed by atoms with Crippen LogP contribution in [0.2, 0.25) is 0 Å². The standard InChI is InChI=1S/C12H15F3O3/c1-10(18-9(16)12(13,14)15)2-6-4-11(17)5-7(3-10)8(6)11/h6-8,17H,2-5H2,1H3. The number of hydrogen-bond acceptors (Lipinski definition) is 3. The van der Waals surface area contributed by atoms with Crippen molar-refractivity contribution >= 4 is 5.97 Å². The molecule has 6 heteroatoms. The molecule has 102 valence electrons. The predicted octanol–water partition coefficient (Wildman–Crippen LogP) is 2.03. The molecule has 0 amide bonds. The summed E-state index contributed by atoms with van der Waals surface area (Å²) in [6.07, 6.45) is -2.81. The first-order chi connectivity index (χ1) is 8.13. The third kappa shape index (κ3) is 1.57. The van der Waals surface area contributed by atoms with Crippen molar-refractivity contribution in [3.8, 4) is 0 Å². The summed E-state index contributed by atoms with van der Waals surface area (Å²) in [7, 11) is 0. The Morgan fingerprint density at radius 3 is 2.11 bits per heavy atom. The van der Waals surface area contributed by atoms with Gasteiger partial charge < -0.3 is 9.84 Å². The predicted molar refractivity (Wildman–Crippen MR) is 54.4 cm³/mol. The van der Waals surface area contributed by atoms with Gasteiger partial charge in [0.15, 0.2) is 0 Å². The number of carbonyl (C=O) groups is 1. The van der Waals surface area contributed by atoms with Crippen LogP contribution in [-0.2, 0) is 9.53 Å². The summed E-state index contributed by atoms with van der Waals surface area (Å²) in [6, 6.07) is 0. The Kier molecular flexibility index (Phi) is 2.19. The van der Waals surface area contributed by atoms with E-state index in [1.807, 2.05) is 0 Å². The third-order valence-electron chi connectivity index (χ3n) is 4.83. The molecule has 3 aliphatic carbocycles. The molecule has 1 N–H and O–H groups in total. The fourth-order valence-corrected chi connectivity index (χ4v) is 4.41. The molecule has 3 nitrogen and oxygen atoms in total. The minimum Gasteiger partial charge on any atom is -0.453 e. The van der Waals surface area contributed by atoms with Crippen molar-refractivity contribution in [2.24, 2.45) is 17.8 Å². The number of alkyl halides is 3. The summed E-state index contributed by atoms with van der Waals surface area (Å²) < 4.78 is 41.3. The number of carbonyl (C=O) groups excluding carboxylic acids is 1. The number of hydrogen-bond donors (Lipinski definition) is 1. The van der Waals surface area contributed by atoms with Crippen LogP contribution in [0.3, 0.4) is 0 Å². The van der Waals surface area contributed by atoms with Crippen molar-refractivity contribution in [2.75, 3.05) is 0 Å². The zero-order valence-electron chi connectivity index (χ0n) is 9.96. The molecule has 3 rings (SSSR count). The zero-order valence-corrected chi connectivity index (χ0v) is 9.96. The van der Waals surface area contributed by atoms with Crippen molar-refractivity contribution in [1.29, 1.82) is 0 Å². The Morgan fingerprint density at radius 1 is 1.22 bits per heavy atom. The van der Waals surface area contributed by atoms with Crippen molar-refractivity contribution in [2.45, 2.75) is 50.0 Å². The smallest absolute Gasteiger partial charge is 0.453 e. The summed E-state index contributed by atoms with van der Waals surface area (Å²) in [6.45, 7) is 1.57. The second-order valence-corrected chi connectivity index (χ2v) is 6.30. The summed E-state index contributed by atoms with van der Waals surface area (Å²) in [4.78, 5) is 10.9. The molecule has 0 saturated heterocycles. The molecule has 0 aromatic heterocycles. The molecule has 0 aliphatic heterocycles. The largest absolute Gasteiger partial charge is 0.490 e. The van der Waals surface area contributed by atoms with E-state index < -0.39 is 23.3 Å². The quantitative estimate of drug-likeness (QED) is 0.737. The highest BCUT2D eigenvalue weighted by molar-refractivity contribution is 5.76. The Morgan fingerprint density at radius 2 is 1.72 bits per heavy atom. The van der Waals surface area contributed by atoms with E-state index in [1.165, 1.54) is 0 Å². The van der Waals surface area contributed by atoms with Gasteiger partial charge in [-0.3, -0.25) is 0 Å². The van der Waals surface area contributed by atoms with Gasteiger partial charge in [0.2, 0.25) is 0 Å². The van der Waals surface area contributed by atoms with Crippen LogP contribution in [0.15, 0.2) is 0 Å². The molecule has 0 aromatic rings. The normalized spacial score (nSPS) is 49.7. The molecule has 0 spiro atoms. The fourth-order valence-electron chi connectivity index (χ4n) is 4.41. The monoisotopic (exact) mass is 264 g/mol. The highest BCUT2D eigenvalue weighted by atomic mass is 19.4. The van der Waals surface area contributed by atoms with Crippen LogP contribution in [0.1, 0.15) is 32.6 Å². The topological polar surface area (TPSA) is 46.5 Å². The molecule has 0 aromatic carbocycles. The average Bonchev–Trinajstić information content (AvgIpc) is 2.11. The molecule has 0 heterocycles. The molecular formula is C12H15F3O3. The lowest BCUT2D eigenvalue weighted by atomic mass is 9.39. The van der Waals surface area contributed by atoms with Crippen LogP contribution >= 0.6 is 0 Å². The van der Waals surface area contributed by atoms with Crippen LogP contribution in [-0.4, -0.2) is 28.5 Å². The molecule has 2 unspecified atom stereocenters. The molecule has 3 fully saturated rings. The van der Waals surface area contributed by atoms with Gasteiger partial charge in [0.25, 0.3) is 0 Å². The van der Waals surface area contributed by atoms with Gasteiger partial charge in [0, 0.05) is 0 Å². The number of aliphatic hydroxyl groups is 1. The van der Waals surface area contributed by atoms with Crippen LogP contribution in [0.5, 0.6) is 0 Å². The zero-order chi connectivity index (χ0) is 13.3. The van der Waals surface area contributed by atoms with E-state index in [9.17, 15) is 23.1 Å². The molecule has 3 saturated carbocycles. The van der Waals surface area contributed by atoms with Gasteiger partial charge in [0.1, 0.15) is 5.60 Å². The van der Waals surface area contributed by atoms with Crippen molar-refractivity contribution in [1.82, 2.24) is 0 Å². The van der Waals surface area contributed by atoms with E-state index >= 15 is 0 Å². The van der Waals surface area contributed by atoms with Crippen LogP contribution in [0.25, 0.3) is 0 Å². The Labute approximate surface area is 102 Å². The first kappa shape index (κ1) is 12.3. The minimum atomic E-state index is -4.93. The number of halogens is 3. The van der Waals surface area contributed by atoms with Gasteiger partial charge in [-0.05, 0) is 50.4 Å². The van der Waals surface area contributed by atoms with Gasteiger partial charge in [-0.1, -0.05) is 0 Å². The van der Waals surface area contributed by atoms with Crippen LogP contribution < -0.4 is 0 Å². The van der Waals surface area contributed by atoms with Gasteiger partial charge in [-0.25, -0.2) is 4.79 Å². The summed E-state index contributed by atoms with van der Waals surface area (Å²) in [5, 5.41) is 9.97. The van der Waals surface area contributed by atoms with E-state index in [4.69, 9.17) is 0 Å². The second-order valence-electron chi connectivity index (χ2n) is 6.30. The number of rotatable bonds is 1.